The molecule has 0 amide bonds. The van der Waals surface area contributed by atoms with Gasteiger partial charge in [-0.25, -0.2) is 4.39 Å². The minimum Gasteiger partial charge on any atom is -0.481 e. The average molecular weight is 308 g/mol. The fraction of sp³-hybridized carbons (Fsp3) is 0.150. The minimum atomic E-state index is -0.926. The van der Waals surface area contributed by atoms with Gasteiger partial charge in [0.2, 0.25) is 0 Å². The lowest BCUT2D eigenvalue weighted by Crippen LogP contribution is -2.10. The second-order valence-corrected chi connectivity index (χ2v) is 5.60. The Kier molecular flexibility index (Phi) is 4.11. The van der Waals surface area contributed by atoms with Crippen molar-refractivity contribution in [2.24, 2.45) is 0 Å². The Labute approximate surface area is 134 Å². The Balaban J connectivity index is 2.04. The number of benzene rings is 3. The van der Waals surface area contributed by atoms with Gasteiger partial charge < -0.3 is 5.11 Å². The molecule has 0 radical (unpaired) electrons. The second kappa shape index (κ2) is 6.21. The van der Waals surface area contributed by atoms with Crippen molar-refractivity contribution in [3.63, 3.8) is 0 Å². The van der Waals surface area contributed by atoms with Crippen LogP contribution >= 0.6 is 0 Å². The van der Waals surface area contributed by atoms with Crippen LogP contribution in [0.3, 0.4) is 0 Å². The molecule has 0 aliphatic carbocycles. The zero-order valence-corrected chi connectivity index (χ0v) is 12.8. The predicted octanol–water partition coefficient (Wildman–Crippen LogP) is 5.22. The zero-order valence-electron chi connectivity index (χ0n) is 12.8. The fourth-order valence-corrected chi connectivity index (χ4v) is 2.89. The highest BCUT2D eigenvalue weighted by molar-refractivity contribution is 5.87. The standard InChI is InChI=1S/C20H17FO2/c1-2-17(20(22)23)16-9-10-18(19(21)12-16)15-8-7-13-5-3-4-6-14(13)11-15/h3-12,17H,2H2,1H3,(H,22,23). The third-order valence-electron chi connectivity index (χ3n) is 4.16. The van der Waals surface area contributed by atoms with Crippen molar-refractivity contribution in [2.45, 2.75) is 19.3 Å². The number of halogens is 1. The van der Waals surface area contributed by atoms with Crippen molar-refractivity contribution in [3.05, 3.63) is 72.0 Å². The first-order valence-corrected chi connectivity index (χ1v) is 7.61. The van der Waals surface area contributed by atoms with Crippen molar-refractivity contribution in [1.29, 1.82) is 0 Å². The molecule has 3 heteroatoms. The maximum absolute atomic E-state index is 14.5. The molecule has 1 atom stereocenters. The predicted molar refractivity (Wildman–Crippen MR) is 90.0 cm³/mol. The first-order chi connectivity index (χ1) is 11.1. The molecule has 0 aromatic heterocycles. The Morgan fingerprint density at radius 3 is 2.43 bits per heavy atom. The Morgan fingerprint density at radius 2 is 1.78 bits per heavy atom. The molecular weight excluding hydrogens is 291 g/mol. The normalized spacial score (nSPS) is 12.3. The van der Waals surface area contributed by atoms with Gasteiger partial charge in [-0.2, -0.15) is 0 Å². The van der Waals surface area contributed by atoms with E-state index in [0.29, 0.717) is 17.5 Å². The minimum absolute atomic E-state index is 0.391. The van der Waals surface area contributed by atoms with Crippen LogP contribution in [0, 0.1) is 5.82 Å². The number of carbonyl (C=O) groups is 1. The number of hydrogen-bond acceptors (Lipinski definition) is 1. The largest absolute Gasteiger partial charge is 0.481 e. The number of rotatable bonds is 4. The van der Waals surface area contributed by atoms with Gasteiger partial charge in [-0.15, -0.1) is 0 Å². The maximum Gasteiger partial charge on any atom is 0.310 e. The molecule has 0 bridgehead atoms. The van der Waals surface area contributed by atoms with Crippen LogP contribution in [0.15, 0.2) is 60.7 Å². The van der Waals surface area contributed by atoms with E-state index in [-0.39, 0.29) is 0 Å². The van der Waals surface area contributed by atoms with Crippen LogP contribution in [0.2, 0.25) is 0 Å². The van der Waals surface area contributed by atoms with Crippen LogP contribution in [0.1, 0.15) is 24.8 Å². The molecule has 1 N–H and O–H groups in total. The molecule has 3 rings (SSSR count). The van der Waals surface area contributed by atoms with E-state index in [2.05, 4.69) is 0 Å². The zero-order chi connectivity index (χ0) is 16.4. The summed E-state index contributed by atoms with van der Waals surface area (Å²) >= 11 is 0. The molecule has 3 aromatic rings. The quantitative estimate of drug-likeness (QED) is 0.717. The van der Waals surface area contributed by atoms with Crippen LogP contribution in [-0.4, -0.2) is 11.1 Å². The van der Waals surface area contributed by atoms with E-state index < -0.39 is 17.7 Å². The van der Waals surface area contributed by atoms with Crippen molar-refractivity contribution >= 4 is 16.7 Å². The number of carboxylic acids is 1. The smallest absolute Gasteiger partial charge is 0.310 e. The van der Waals surface area contributed by atoms with E-state index in [9.17, 15) is 14.3 Å². The molecule has 0 saturated heterocycles. The number of carboxylic acid groups (broad SMARTS) is 1. The lowest BCUT2D eigenvalue weighted by atomic mass is 9.93. The first-order valence-electron chi connectivity index (χ1n) is 7.61. The molecule has 0 aliphatic rings. The number of fused-ring (bicyclic) bond motifs is 1. The van der Waals surface area contributed by atoms with Gasteiger partial charge in [0.05, 0.1) is 5.92 Å². The third-order valence-corrected chi connectivity index (χ3v) is 4.16. The molecule has 0 spiro atoms. The van der Waals surface area contributed by atoms with Crippen LogP contribution in [0.4, 0.5) is 4.39 Å². The molecule has 3 aromatic carbocycles. The van der Waals surface area contributed by atoms with Gasteiger partial charge in [-0.1, -0.05) is 55.5 Å². The van der Waals surface area contributed by atoms with Crippen LogP contribution in [0.5, 0.6) is 0 Å². The summed E-state index contributed by atoms with van der Waals surface area (Å²) in [6, 6.07) is 18.4. The van der Waals surface area contributed by atoms with E-state index >= 15 is 0 Å². The molecule has 0 heterocycles. The molecule has 0 saturated carbocycles. The Morgan fingerprint density at radius 1 is 1.04 bits per heavy atom. The summed E-state index contributed by atoms with van der Waals surface area (Å²) in [5.41, 5.74) is 1.78. The SMILES string of the molecule is CCC(C(=O)O)c1ccc(-c2ccc3ccccc3c2)c(F)c1. The van der Waals surface area contributed by atoms with Gasteiger partial charge in [-0.05, 0) is 40.5 Å². The molecule has 116 valence electrons. The van der Waals surface area contributed by atoms with Crippen LogP contribution in [-0.2, 0) is 4.79 Å². The summed E-state index contributed by atoms with van der Waals surface area (Å²) in [5.74, 6) is -1.99. The topological polar surface area (TPSA) is 37.3 Å². The Hall–Kier alpha value is -2.68. The highest BCUT2D eigenvalue weighted by Gasteiger charge is 2.19. The van der Waals surface area contributed by atoms with Crippen LogP contribution < -0.4 is 0 Å². The maximum atomic E-state index is 14.5. The Bertz CT molecular complexity index is 870. The van der Waals surface area contributed by atoms with Gasteiger partial charge in [0.15, 0.2) is 0 Å². The first kappa shape index (κ1) is 15.2. The molecule has 23 heavy (non-hydrogen) atoms. The monoisotopic (exact) mass is 308 g/mol. The fourth-order valence-electron chi connectivity index (χ4n) is 2.89. The number of aliphatic carboxylic acids is 1. The van der Waals surface area contributed by atoms with E-state index in [1.165, 1.54) is 6.07 Å². The highest BCUT2D eigenvalue weighted by Crippen LogP contribution is 2.29. The van der Waals surface area contributed by atoms with Crippen molar-refractivity contribution in [1.82, 2.24) is 0 Å². The van der Waals surface area contributed by atoms with Gasteiger partial charge >= 0.3 is 5.97 Å². The molecule has 0 fully saturated rings. The third kappa shape index (κ3) is 2.95. The van der Waals surface area contributed by atoms with E-state index in [1.807, 2.05) is 42.5 Å². The van der Waals surface area contributed by atoms with Crippen molar-refractivity contribution in [2.75, 3.05) is 0 Å². The average Bonchev–Trinajstić information content (AvgIpc) is 2.55. The lowest BCUT2D eigenvalue weighted by molar-refractivity contribution is -0.138. The van der Waals surface area contributed by atoms with E-state index in [4.69, 9.17) is 0 Å². The lowest BCUT2D eigenvalue weighted by Gasteiger charge is -2.12. The van der Waals surface area contributed by atoms with Gasteiger partial charge in [-0.3, -0.25) is 4.79 Å². The number of hydrogen-bond donors (Lipinski definition) is 1. The molecular formula is C20H17FO2. The molecule has 2 nitrogen and oxygen atoms in total. The van der Waals surface area contributed by atoms with Crippen LogP contribution in [0.25, 0.3) is 21.9 Å². The molecule has 0 aliphatic heterocycles. The molecule has 1 unspecified atom stereocenters. The van der Waals surface area contributed by atoms with Gasteiger partial charge in [0.25, 0.3) is 0 Å². The van der Waals surface area contributed by atoms with Crippen molar-refractivity contribution in [3.8, 4) is 11.1 Å². The highest BCUT2D eigenvalue weighted by atomic mass is 19.1. The summed E-state index contributed by atoms with van der Waals surface area (Å²) in [7, 11) is 0. The summed E-state index contributed by atoms with van der Waals surface area (Å²) < 4.78 is 14.5. The van der Waals surface area contributed by atoms with E-state index in [0.717, 1.165) is 16.3 Å². The van der Waals surface area contributed by atoms with E-state index in [1.54, 1.807) is 19.1 Å². The van der Waals surface area contributed by atoms with Gasteiger partial charge in [0, 0.05) is 5.56 Å². The summed E-state index contributed by atoms with van der Waals surface area (Å²) in [6.45, 7) is 1.79. The van der Waals surface area contributed by atoms with Gasteiger partial charge in [0.1, 0.15) is 5.82 Å². The second-order valence-electron chi connectivity index (χ2n) is 5.60. The summed E-state index contributed by atoms with van der Waals surface area (Å²) in [5, 5.41) is 11.3. The summed E-state index contributed by atoms with van der Waals surface area (Å²) in [6.07, 6.45) is 0.435. The summed E-state index contributed by atoms with van der Waals surface area (Å²) in [4.78, 5) is 11.2. The van der Waals surface area contributed by atoms with Crippen molar-refractivity contribution < 1.29 is 14.3 Å².